The topological polar surface area (TPSA) is 24.9 Å². The van der Waals surface area contributed by atoms with E-state index < -0.39 is 11.7 Å². The van der Waals surface area contributed by atoms with Crippen LogP contribution in [-0.4, -0.2) is 18.1 Å². The minimum absolute atomic E-state index is 0.354. The van der Waals surface area contributed by atoms with Crippen LogP contribution in [0.2, 0.25) is 0 Å². The number of hydrogen-bond acceptors (Lipinski definition) is 3. The number of halogens is 3. The summed E-state index contributed by atoms with van der Waals surface area (Å²) < 4.78 is 38.0. The molecule has 0 fully saturated rings. The first kappa shape index (κ1) is 16.0. The highest BCUT2D eigenvalue weighted by atomic mass is 32.1. The lowest BCUT2D eigenvalue weighted by Gasteiger charge is -2.08. The van der Waals surface area contributed by atoms with E-state index in [1.165, 1.54) is 12.1 Å². The van der Waals surface area contributed by atoms with Gasteiger partial charge in [0.1, 0.15) is 0 Å². The number of aromatic nitrogens is 1. The average Bonchev–Trinajstić information content (AvgIpc) is 2.85. The van der Waals surface area contributed by atoms with Crippen LogP contribution in [0.3, 0.4) is 0 Å². The third-order valence-electron chi connectivity index (χ3n) is 3.21. The SMILES string of the molecule is CNC(C)Cc1cnc(Cc2cccc(C(F)(F)F)c2)s1. The lowest BCUT2D eigenvalue weighted by Crippen LogP contribution is -2.22. The first-order chi connectivity index (χ1) is 9.88. The summed E-state index contributed by atoms with van der Waals surface area (Å²) in [5, 5.41) is 3.99. The Bertz CT molecular complexity index is 593. The van der Waals surface area contributed by atoms with E-state index in [0.29, 0.717) is 18.0 Å². The molecule has 0 radical (unpaired) electrons. The molecule has 0 bridgehead atoms. The number of nitrogens with one attached hydrogen (secondary N) is 1. The van der Waals surface area contributed by atoms with E-state index in [1.807, 2.05) is 7.05 Å². The van der Waals surface area contributed by atoms with Gasteiger partial charge in [0.15, 0.2) is 0 Å². The van der Waals surface area contributed by atoms with Crippen molar-refractivity contribution >= 4 is 11.3 Å². The maximum absolute atomic E-state index is 12.7. The molecule has 1 heterocycles. The van der Waals surface area contributed by atoms with Gasteiger partial charge in [-0.3, -0.25) is 0 Å². The Labute approximate surface area is 126 Å². The third-order valence-corrected chi connectivity index (χ3v) is 4.23. The molecule has 1 unspecified atom stereocenters. The fraction of sp³-hybridized carbons (Fsp3) is 0.400. The molecule has 21 heavy (non-hydrogen) atoms. The van der Waals surface area contributed by atoms with Crippen LogP contribution in [0.15, 0.2) is 30.5 Å². The normalized spacial score (nSPS) is 13.4. The Hall–Kier alpha value is -1.40. The highest BCUT2D eigenvalue weighted by Gasteiger charge is 2.30. The number of hydrogen-bond donors (Lipinski definition) is 1. The van der Waals surface area contributed by atoms with E-state index in [9.17, 15) is 13.2 Å². The van der Waals surface area contributed by atoms with Gasteiger partial charge in [0.05, 0.1) is 10.6 Å². The smallest absolute Gasteiger partial charge is 0.317 e. The van der Waals surface area contributed by atoms with Gasteiger partial charge >= 0.3 is 6.18 Å². The van der Waals surface area contributed by atoms with E-state index in [2.05, 4.69) is 17.2 Å². The molecule has 0 aliphatic heterocycles. The summed E-state index contributed by atoms with van der Waals surface area (Å²) >= 11 is 1.55. The molecule has 1 aromatic heterocycles. The van der Waals surface area contributed by atoms with Crippen LogP contribution in [0.5, 0.6) is 0 Å². The molecule has 6 heteroatoms. The van der Waals surface area contributed by atoms with Crippen molar-refractivity contribution in [1.82, 2.24) is 10.3 Å². The van der Waals surface area contributed by atoms with Gasteiger partial charge in [-0.1, -0.05) is 18.2 Å². The number of likely N-dealkylation sites (N-methyl/N-ethyl adjacent to an activating group) is 1. The molecule has 0 aliphatic carbocycles. The third kappa shape index (κ3) is 4.54. The van der Waals surface area contributed by atoms with Gasteiger partial charge in [-0.05, 0) is 32.0 Å². The monoisotopic (exact) mass is 314 g/mol. The highest BCUT2D eigenvalue weighted by Crippen LogP contribution is 2.30. The lowest BCUT2D eigenvalue weighted by molar-refractivity contribution is -0.137. The van der Waals surface area contributed by atoms with Crippen molar-refractivity contribution < 1.29 is 13.2 Å². The maximum atomic E-state index is 12.7. The van der Waals surface area contributed by atoms with Gasteiger partial charge in [0.25, 0.3) is 0 Å². The van der Waals surface area contributed by atoms with Crippen molar-refractivity contribution in [3.05, 3.63) is 51.5 Å². The maximum Gasteiger partial charge on any atom is 0.416 e. The molecule has 2 nitrogen and oxygen atoms in total. The zero-order valence-corrected chi connectivity index (χ0v) is 12.7. The minimum atomic E-state index is -4.30. The van der Waals surface area contributed by atoms with Gasteiger partial charge in [-0.2, -0.15) is 13.2 Å². The quantitative estimate of drug-likeness (QED) is 0.905. The summed E-state index contributed by atoms with van der Waals surface area (Å²) in [5.74, 6) is 0. The van der Waals surface area contributed by atoms with Crippen LogP contribution in [0, 0.1) is 0 Å². The second-order valence-electron chi connectivity index (χ2n) is 4.99. The van der Waals surface area contributed by atoms with Crippen molar-refractivity contribution in [3.8, 4) is 0 Å². The first-order valence-electron chi connectivity index (χ1n) is 6.65. The molecule has 2 aromatic rings. The fourth-order valence-corrected chi connectivity index (χ4v) is 3.05. The Morgan fingerprint density at radius 1 is 1.33 bits per heavy atom. The molecule has 2 rings (SSSR count). The number of thiazole rings is 1. The Morgan fingerprint density at radius 3 is 2.76 bits per heavy atom. The summed E-state index contributed by atoms with van der Waals surface area (Å²) in [6.45, 7) is 2.08. The van der Waals surface area contributed by atoms with Crippen LogP contribution < -0.4 is 5.32 Å². The van der Waals surface area contributed by atoms with Gasteiger partial charge in [0, 0.05) is 23.5 Å². The summed E-state index contributed by atoms with van der Waals surface area (Å²) in [4.78, 5) is 5.44. The highest BCUT2D eigenvalue weighted by molar-refractivity contribution is 7.11. The van der Waals surface area contributed by atoms with E-state index in [0.717, 1.165) is 22.4 Å². The van der Waals surface area contributed by atoms with E-state index in [1.54, 1.807) is 23.6 Å². The van der Waals surface area contributed by atoms with Crippen molar-refractivity contribution in [2.45, 2.75) is 32.0 Å². The fourth-order valence-electron chi connectivity index (χ4n) is 1.96. The number of nitrogens with zero attached hydrogens (tertiary/aromatic N) is 1. The Morgan fingerprint density at radius 2 is 2.10 bits per heavy atom. The van der Waals surface area contributed by atoms with E-state index >= 15 is 0 Å². The van der Waals surface area contributed by atoms with E-state index in [-0.39, 0.29) is 0 Å². The van der Waals surface area contributed by atoms with Crippen molar-refractivity contribution in [3.63, 3.8) is 0 Å². The number of rotatable bonds is 5. The largest absolute Gasteiger partial charge is 0.416 e. The Kier molecular flexibility index (Phi) is 5.00. The average molecular weight is 314 g/mol. The van der Waals surface area contributed by atoms with Gasteiger partial charge in [-0.25, -0.2) is 4.98 Å². The predicted octanol–water partition coefficient (Wildman–Crippen LogP) is 3.90. The van der Waals surface area contributed by atoms with Crippen molar-refractivity contribution in [1.29, 1.82) is 0 Å². The standard InChI is InChI=1S/C15H17F3N2S/c1-10(19-2)6-13-9-20-14(21-13)8-11-4-3-5-12(7-11)15(16,17)18/h3-5,7,9-10,19H,6,8H2,1-2H3. The van der Waals surface area contributed by atoms with Gasteiger partial charge in [0.2, 0.25) is 0 Å². The molecule has 114 valence electrons. The first-order valence-corrected chi connectivity index (χ1v) is 7.47. The molecule has 0 spiro atoms. The Balaban J connectivity index is 2.08. The lowest BCUT2D eigenvalue weighted by atomic mass is 10.1. The molecule has 0 saturated heterocycles. The van der Waals surface area contributed by atoms with Crippen molar-refractivity contribution in [2.75, 3.05) is 7.05 Å². The molecule has 1 N–H and O–H groups in total. The number of alkyl halides is 3. The molecule has 0 aliphatic rings. The summed E-state index contributed by atoms with van der Waals surface area (Å²) in [6.07, 6.45) is -1.19. The molecule has 0 amide bonds. The molecular formula is C15H17F3N2S. The summed E-state index contributed by atoms with van der Waals surface area (Å²) in [7, 11) is 1.90. The van der Waals surface area contributed by atoms with E-state index in [4.69, 9.17) is 0 Å². The van der Waals surface area contributed by atoms with Crippen LogP contribution in [0.4, 0.5) is 13.2 Å². The zero-order valence-electron chi connectivity index (χ0n) is 11.9. The number of benzene rings is 1. The molecule has 1 atom stereocenters. The van der Waals surface area contributed by atoms with Crippen LogP contribution in [0.1, 0.15) is 27.9 Å². The molecule has 1 aromatic carbocycles. The van der Waals surface area contributed by atoms with Crippen LogP contribution in [-0.2, 0) is 19.0 Å². The summed E-state index contributed by atoms with van der Waals surface area (Å²) in [5.41, 5.74) is 0.0213. The minimum Gasteiger partial charge on any atom is -0.317 e. The molecule has 0 saturated carbocycles. The zero-order chi connectivity index (χ0) is 15.5. The predicted molar refractivity (Wildman–Crippen MR) is 78.6 cm³/mol. The van der Waals surface area contributed by atoms with Gasteiger partial charge < -0.3 is 5.32 Å². The summed E-state index contributed by atoms with van der Waals surface area (Å²) in [6, 6.07) is 5.78. The second-order valence-corrected chi connectivity index (χ2v) is 6.19. The van der Waals surface area contributed by atoms with Crippen LogP contribution in [0.25, 0.3) is 0 Å². The molecular weight excluding hydrogens is 297 g/mol. The second kappa shape index (κ2) is 6.58. The van der Waals surface area contributed by atoms with Gasteiger partial charge in [-0.15, -0.1) is 11.3 Å². The van der Waals surface area contributed by atoms with Crippen molar-refractivity contribution in [2.24, 2.45) is 0 Å². The van der Waals surface area contributed by atoms with Crippen LogP contribution >= 0.6 is 11.3 Å².